The van der Waals surface area contributed by atoms with Crippen LogP contribution in [0.5, 0.6) is 0 Å². The van der Waals surface area contributed by atoms with Crippen molar-refractivity contribution in [1.29, 1.82) is 0 Å². The predicted octanol–water partition coefficient (Wildman–Crippen LogP) is 3.76. The number of carbonyl (C=O) groups is 2. The lowest BCUT2D eigenvalue weighted by Crippen LogP contribution is -2.50. The molecule has 2 amide bonds. The van der Waals surface area contributed by atoms with Crippen LogP contribution in [0.4, 0.5) is 5.69 Å². The molecule has 1 saturated heterocycles. The fraction of sp³-hybridized carbons (Fsp3) is 0.250. The van der Waals surface area contributed by atoms with Crippen molar-refractivity contribution in [3.05, 3.63) is 81.5 Å². The maximum atomic E-state index is 12.9. The fourth-order valence-electron chi connectivity index (χ4n) is 3.67. The summed E-state index contributed by atoms with van der Waals surface area (Å²) < 4.78 is 28.0. The number of rotatable bonds is 5. The molecule has 0 saturated carbocycles. The summed E-state index contributed by atoms with van der Waals surface area (Å²) in [6, 6.07) is 16.8. The normalized spacial score (nSPS) is 14.2. The highest BCUT2D eigenvalue weighted by Crippen LogP contribution is 2.21. The zero-order chi connectivity index (χ0) is 23.6. The van der Waals surface area contributed by atoms with E-state index in [0.29, 0.717) is 42.3 Å². The number of hydrogen-bond acceptors (Lipinski definition) is 5. The van der Waals surface area contributed by atoms with E-state index in [1.54, 1.807) is 21.9 Å². The van der Waals surface area contributed by atoms with Crippen LogP contribution < -0.4 is 4.72 Å². The van der Waals surface area contributed by atoms with Crippen molar-refractivity contribution < 1.29 is 18.0 Å². The second kappa shape index (κ2) is 9.36. The third-order valence-corrected chi connectivity index (χ3v) is 7.98. The van der Waals surface area contributed by atoms with Crippen molar-refractivity contribution >= 4 is 38.9 Å². The molecule has 0 bridgehead atoms. The zero-order valence-electron chi connectivity index (χ0n) is 18.4. The molecule has 2 heterocycles. The van der Waals surface area contributed by atoms with Crippen LogP contribution in [0.3, 0.4) is 0 Å². The molecule has 7 nitrogen and oxygen atoms in total. The molecule has 4 rings (SSSR count). The quantitative estimate of drug-likeness (QED) is 0.599. The number of anilines is 1. The third-order valence-electron chi connectivity index (χ3n) is 5.61. The SMILES string of the molecule is Cc1ccc(C(=O)N2CCN(C(=O)c3ccc(S(=O)(=O)Nc4ccccc4C)cc3)CC2)s1. The Hall–Kier alpha value is -3.17. The van der Waals surface area contributed by atoms with E-state index in [1.165, 1.54) is 35.6 Å². The zero-order valence-corrected chi connectivity index (χ0v) is 20.1. The van der Waals surface area contributed by atoms with Gasteiger partial charge in [0.1, 0.15) is 0 Å². The van der Waals surface area contributed by atoms with E-state index in [-0.39, 0.29) is 16.7 Å². The van der Waals surface area contributed by atoms with Crippen LogP contribution >= 0.6 is 11.3 Å². The third kappa shape index (κ3) is 5.09. The number of aryl methyl sites for hydroxylation is 2. The van der Waals surface area contributed by atoms with Gasteiger partial charge in [0, 0.05) is 36.6 Å². The number of hydrogen-bond donors (Lipinski definition) is 1. The van der Waals surface area contributed by atoms with Crippen molar-refractivity contribution in [2.24, 2.45) is 0 Å². The number of nitrogens with one attached hydrogen (secondary N) is 1. The topological polar surface area (TPSA) is 86.8 Å². The van der Waals surface area contributed by atoms with Gasteiger partial charge in [0.05, 0.1) is 15.5 Å². The Morgan fingerprint density at radius 1 is 0.818 bits per heavy atom. The minimum atomic E-state index is -3.76. The molecule has 2 aromatic carbocycles. The molecule has 172 valence electrons. The lowest BCUT2D eigenvalue weighted by atomic mass is 10.2. The summed E-state index contributed by atoms with van der Waals surface area (Å²) in [5.74, 6) is -0.180. The van der Waals surface area contributed by atoms with Gasteiger partial charge in [-0.3, -0.25) is 14.3 Å². The van der Waals surface area contributed by atoms with E-state index in [1.807, 2.05) is 38.1 Å². The smallest absolute Gasteiger partial charge is 0.264 e. The van der Waals surface area contributed by atoms with Gasteiger partial charge in [-0.15, -0.1) is 11.3 Å². The number of carbonyl (C=O) groups excluding carboxylic acids is 2. The van der Waals surface area contributed by atoms with Crippen LogP contribution in [0, 0.1) is 13.8 Å². The Labute approximate surface area is 197 Å². The number of piperazine rings is 1. The molecular weight excluding hydrogens is 458 g/mol. The highest BCUT2D eigenvalue weighted by molar-refractivity contribution is 7.92. The summed E-state index contributed by atoms with van der Waals surface area (Å²) in [5, 5.41) is 0. The monoisotopic (exact) mass is 483 g/mol. The molecular formula is C24H25N3O4S2. The highest BCUT2D eigenvalue weighted by Gasteiger charge is 2.26. The van der Waals surface area contributed by atoms with Gasteiger partial charge in [-0.1, -0.05) is 18.2 Å². The average molecular weight is 484 g/mol. The van der Waals surface area contributed by atoms with Crippen molar-refractivity contribution in [2.75, 3.05) is 30.9 Å². The van der Waals surface area contributed by atoms with E-state index in [2.05, 4.69) is 4.72 Å². The molecule has 1 aromatic heterocycles. The van der Waals surface area contributed by atoms with Crippen LogP contribution in [-0.2, 0) is 10.0 Å². The van der Waals surface area contributed by atoms with E-state index in [0.717, 1.165) is 10.4 Å². The second-order valence-corrected chi connectivity index (χ2v) is 10.9. The Morgan fingerprint density at radius 3 is 2.00 bits per heavy atom. The minimum Gasteiger partial charge on any atom is -0.335 e. The van der Waals surface area contributed by atoms with Gasteiger partial charge in [-0.05, 0) is 61.9 Å². The highest BCUT2D eigenvalue weighted by atomic mass is 32.2. The average Bonchev–Trinajstić information content (AvgIpc) is 3.26. The molecule has 0 radical (unpaired) electrons. The maximum absolute atomic E-state index is 12.9. The van der Waals surface area contributed by atoms with Crippen LogP contribution in [0.15, 0.2) is 65.6 Å². The van der Waals surface area contributed by atoms with Crippen LogP contribution in [0.25, 0.3) is 0 Å². The second-order valence-electron chi connectivity index (χ2n) is 7.94. The lowest BCUT2D eigenvalue weighted by Gasteiger charge is -2.34. The predicted molar refractivity (Wildman–Crippen MR) is 129 cm³/mol. The summed E-state index contributed by atoms with van der Waals surface area (Å²) >= 11 is 1.47. The van der Waals surface area contributed by atoms with Gasteiger partial charge in [-0.2, -0.15) is 0 Å². The Bertz CT molecular complexity index is 1280. The van der Waals surface area contributed by atoms with Crippen LogP contribution in [0.2, 0.25) is 0 Å². The molecule has 1 aliphatic heterocycles. The summed E-state index contributed by atoms with van der Waals surface area (Å²) in [7, 11) is -3.76. The van der Waals surface area contributed by atoms with E-state index < -0.39 is 10.0 Å². The van der Waals surface area contributed by atoms with E-state index >= 15 is 0 Å². The first kappa shape index (κ1) is 23.0. The number of para-hydroxylation sites is 1. The van der Waals surface area contributed by atoms with Crippen LogP contribution in [0.1, 0.15) is 30.5 Å². The number of amides is 2. The Balaban J connectivity index is 1.38. The minimum absolute atomic E-state index is 0.00379. The molecule has 0 aliphatic carbocycles. The Kier molecular flexibility index (Phi) is 6.53. The first-order valence-corrected chi connectivity index (χ1v) is 12.9. The van der Waals surface area contributed by atoms with Crippen molar-refractivity contribution in [3.63, 3.8) is 0 Å². The van der Waals surface area contributed by atoms with Crippen molar-refractivity contribution in [2.45, 2.75) is 18.7 Å². The molecule has 9 heteroatoms. The number of thiophene rings is 1. The number of benzene rings is 2. The largest absolute Gasteiger partial charge is 0.335 e. The molecule has 1 N–H and O–H groups in total. The van der Waals surface area contributed by atoms with Crippen molar-refractivity contribution in [3.8, 4) is 0 Å². The standard InChI is InChI=1S/C24H25N3O4S2/c1-17-5-3-4-6-21(17)25-33(30,31)20-10-8-19(9-11-20)23(28)26-13-15-27(16-14-26)24(29)22-12-7-18(2)32-22/h3-12,25H,13-16H2,1-2H3. The van der Waals surface area contributed by atoms with Crippen LogP contribution in [-0.4, -0.2) is 56.2 Å². The Morgan fingerprint density at radius 2 is 1.42 bits per heavy atom. The van der Waals surface area contributed by atoms with E-state index in [4.69, 9.17) is 0 Å². The fourth-order valence-corrected chi connectivity index (χ4v) is 5.63. The van der Waals surface area contributed by atoms with Crippen molar-refractivity contribution in [1.82, 2.24) is 9.80 Å². The summed E-state index contributed by atoms with van der Waals surface area (Å²) in [5.41, 5.74) is 1.75. The summed E-state index contributed by atoms with van der Waals surface area (Å²) in [6.45, 7) is 5.60. The first-order valence-electron chi connectivity index (χ1n) is 10.6. The molecule has 1 fully saturated rings. The summed E-state index contributed by atoms with van der Waals surface area (Å²) in [4.78, 5) is 30.9. The van der Waals surface area contributed by atoms with Gasteiger partial charge in [0.25, 0.3) is 21.8 Å². The van der Waals surface area contributed by atoms with Gasteiger partial charge in [-0.25, -0.2) is 8.42 Å². The molecule has 0 unspecified atom stereocenters. The first-order chi connectivity index (χ1) is 15.7. The van der Waals surface area contributed by atoms with Gasteiger partial charge in [0.2, 0.25) is 0 Å². The lowest BCUT2D eigenvalue weighted by molar-refractivity contribution is 0.0538. The molecule has 0 atom stereocenters. The van der Waals surface area contributed by atoms with E-state index in [9.17, 15) is 18.0 Å². The number of sulfonamides is 1. The maximum Gasteiger partial charge on any atom is 0.264 e. The number of nitrogens with zero attached hydrogens (tertiary/aromatic N) is 2. The molecule has 1 aliphatic rings. The van der Waals surface area contributed by atoms with Gasteiger partial charge in [0.15, 0.2) is 0 Å². The molecule has 33 heavy (non-hydrogen) atoms. The molecule has 0 spiro atoms. The molecule has 3 aromatic rings. The van der Waals surface area contributed by atoms with Gasteiger partial charge >= 0.3 is 0 Å². The summed E-state index contributed by atoms with van der Waals surface area (Å²) in [6.07, 6.45) is 0. The van der Waals surface area contributed by atoms with Gasteiger partial charge < -0.3 is 9.80 Å².